The summed E-state index contributed by atoms with van der Waals surface area (Å²) in [5, 5.41) is 3.04. The summed E-state index contributed by atoms with van der Waals surface area (Å²) in [5.41, 5.74) is 3.24. The Hall–Kier alpha value is -3.79. The molecule has 2 heterocycles. The van der Waals surface area contributed by atoms with Crippen LogP contribution in [0.5, 0.6) is 5.75 Å². The van der Waals surface area contributed by atoms with E-state index in [9.17, 15) is 14.4 Å². The van der Waals surface area contributed by atoms with Crippen LogP contribution in [0.1, 0.15) is 11.1 Å². The Kier molecular flexibility index (Phi) is 8.51. The minimum Gasteiger partial charge on any atom is -0.489 e. The van der Waals surface area contributed by atoms with Gasteiger partial charge in [-0.3, -0.25) is 19.3 Å². The first kappa shape index (κ1) is 26.8. The lowest BCUT2D eigenvalue weighted by atomic mass is 10.2. The van der Waals surface area contributed by atoms with Crippen LogP contribution in [0.15, 0.2) is 77.7 Å². The molecular formula is C29H26ClN3O5S. The molecule has 2 saturated heterocycles. The van der Waals surface area contributed by atoms with Crippen molar-refractivity contribution in [3.05, 3.63) is 93.9 Å². The highest BCUT2D eigenvalue weighted by Crippen LogP contribution is 2.33. The molecule has 1 N–H and O–H groups in total. The fraction of sp³-hybridized carbons (Fsp3) is 0.207. The monoisotopic (exact) mass is 563 g/mol. The van der Waals surface area contributed by atoms with Gasteiger partial charge in [0.25, 0.3) is 11.1 Å². The van der Waals surface area contributed by atoms with Crippen molar-refractivity contribution in [1.82, 2.24) is 4.90 Å². The Morgan fingerprint density at radius 3 is 2.46 bits per heavy atom. The Morgan fingerprint density at radius 2 is 1.72 bits per heavy atom. The first-order valence-corrected chi connectivity index (χ1v) is 13.6. The summed E-state index contributed by atoms with van der Waals surface area (Å²) in [7, 11) is 0. The third-order valence-corrected chi connectivity index (χ3v) is 7.36. The molecule has 200 valence electrons. The Balaban J connectivity index is 1.19. The van der Waals surface area contributed by atoms with Gasteiger partial charge in [0.05, 0.1) is 29.5 Å². The van der Waals surface area contributed by atoms with Gasteiger partial charge in [-0.25, -0.2) is 0 Å². The third kappa shape index (κ3) is 6.81. The SMILES string of the molecule is O=C(CN1C(=O)S/C(=C/c2ccc(OCc3ccc(Cl)cc3)cc2)C1=O)Nc1ccccc1N1CCOCC1. The molecule has 5 rings (SSSR count). The quantitative estimate of drug-likeness (QED) is 0.366. The number of ether oxygens (including phenoxy) is 2. The molecule has 0 saturated carbocycles. The zero-order valence-electron chi connectivity index (χ0n) is 21.0. The first-order chi connectivity index (χ1) is 19.0. The predicted molar refractivity (Wildman–Crippen MR) is 153 cm³/mol. The van der Waals surface area contributed by atoms with E-state index >= 15 is 0 Å². The zero-order valence-corrected chi connectivity index (χ0v) is 22.5. The van der Waals surface area contributed by atoms with Crippen LogP contribution in [0.4, 0.5) is 16.2 Å². The topological polar surface area (TPSA) is 88.2 Å². The van der Waals surface area contributed by atoms with Crippen molar-refractivity contribution < 1.29 is 23.9 Å². The molecule has 3 aromatic rings. The largest absolute Gasteiger partial charge is 0.489 e. The lowest BCUT2D eigenvalue weighted by molar-refractivity contribution is -0.127. The summed E-state index contributed by atoms with van der Waals surface area (Å²) >= 11 is 6.73. The number of halogens is 1. The van der Waals surface area contributed by atoms with Crippen LogP contribution >= 0.6 is 23.4 Å². The molecule has 0 radical (unpaired) electrons. The predicted octanol–water partition coefficient (Wildman–Crippen LogP) is 5.43. The summed E-state index contributed by atoms with van der Waals surface area (Å²) in [5.74, 6) is -0.268. The fourth-order valence-corrected chi connectivity index (χ4v) is 5.15. The maximum atomic E-state index is 13.0. The van der Waals surface area contributed by atoms with Crippen LogP contribution in [0.3, 0.4) is 0 Å². The maximum absolute atomic E-state index is 13.0. The van der Waals surface area contributed by atoms with Crippen LogP contribution in [-0.4, -0.2) is 54.8 Å². The highest BCUT2D eigenvalue weighted by molar-refractivity contribution is 8.18. The maximum Gasteiger partial charge on any atom is 0.294 e. The minimum absolute atomic E-state index is 0.261. The number of imide groups is 1. The van der Waals surface area contributed by atoms with Gasteiger partial charge < -0.3 is 19.7 Å². The van der Waals surface area contributed by atoms with Gasteiger partial charge in [-0.05, 0) is 65.4 Å². The number of rotatable bonds is 8. The van der Waals surface area contributed by atoms with E-state index in [0.717, 1.165) is 46.6 Å². The van der Waals surface area contributed by atoms with Gasteiger partial charge in [-0.1, -0.05) is 48.0 Å². The van der Waals surface area contributed by atoms with E-state index in [4.69, 9.17) is 21.1 Å². The lowest BCUT2D eigenvalue weighted by Crippen LogP contribution is -2.38. The molecule has 0 aromatic heterocycles. The van der Waals surface area contributed by atoms with Crippen LogP contribution in [0.2, 0.25) is 5.02 Å². The summed E-state index contributed by atoms with van der Waals surface area (Å²) < 4.78 is 11.2. The molecule has 0 spiro atoms. The number of carbonyl (C=O) groups excluding carboxylic acids is 3. The second kappa shape index (κ2) is 12.4. The molecule has 2 aliphatic heterocycles. The summed E-state index contributed by atoms with van der Waals surface area (Å²) in [6.07, 6.45) is 1.64. The second-order valence-electron chi connectivity index (χ2n) is 8.92. The number of anilines is 2. The molecule has 3 aromatic carbocycles. The summed E-state index contributed by atoms with van der Waals surface area (Å²) in [6.45, 7) is 2.70. The highest BCUT2D eigenvalue weighted by atomic mass is 35.5. The third-order valence-electron chi connectivity index (χ3n) is 6.20. The molecule has 3 amide bonds. The van der Waals surface area contributed by atoms with Gasteiger partial charge in [0.1, 0.15) is 18.9 Å². The number of amides is 3. The van der Waals surface area contributed by atoms with Gasteiger partial charge in [-0.2, -0.15) is 0 Å². The smallest absolute Gasteiger partial charge is 0.294 e. The van der Waals surface area contributed by atoms with E-state index in [1.807, 2.05) is 42.5 Å². The zero-order chi connectivity index (χ0) is 27.2. The molecule has 10 heteroatoms. The van der Waals surface area contributed by atoms with Crippen molar-refractivity contribution in [3.63, 3.8) is 0 Å². The number of para-hydroxylation sites is 2. The van der Waals surface area contributed by atoms with Crippen molar-refractivity contribution in [2.24, 2.45) is 0 Å². The number of carbonyl (C=O) groups is 3. The average Bonchev–Trinajstić information content (AvgIpc) is 3.21. The van der Waals surface area contributed by atoms with Crippen LogP contribution in [-0.2, 0) is 20.9 Å². The molecule has 0 atom stereocenters. The summed E-state index contributed by atoms with van der Waals surface area (Å²) in [4.78, 5) is 41.7. The highest BCUT2D eigenvalue weighted by Gasteiger charge is 2.36. The molecule has 0 aliphatic carbocycles. The first-order valence-electron chi connectivity index (χ1n) is 12.4. The number of hydrogen-bond donors (Lipinski definition) is 1. The van der Waals surface area contributed by atoms with Crippen molar-refractivity contribution in [1.29, 1.82) is 0 Å². The number of morpholine rings is 1. The van der Waals surface area contributed by atoms with Gasteiger partial charge in [0, 0.05) is 18.1 Å². The van der Waals surface area contributed by atoms with Crippen molar-refractivity contribution in [2.75, 3.05) is 43.1 Å². The number of nitrogens with zero attached hydrogens (tertiary/aromatic N) is 2. The Morgan fingerprint density at radius 1 is 1.00 bits per heavy atom. The Bertz CT molecular complexity index is 1390. The molecule has 0 bridgehead atoms. The van der Waals surface area contributed by atoms with Crippen LogP contribution in [0.25, 0.3) is 6.08 Å². The molecular weight excluding hydrogens is 538 g/mol. The molecule has 39 heavy (non-hydrogen) atoms. The molecule has 2 fully saturated rings. The van der Waals surface area contributed by atoms with Crippen LogP contribution in [0, 0.1) is 0 Å². The van der Waals surface area contributed by atoms with E-state index in [-0.39, 0.29) is 11.4 Å². The van der Waals surface area contributed by atoms with E-state index in [0.29, 0.717) is 36.3 Å². The van der Waals surface area contributed by atoms with Gasteiger partial charge in [0.15, 0.2) is 0 Å². The Labute approximate surface area is 235 Å². The van der Waals surface area contributed by atoms with E-state index in [2.05, 4.69) is 10.2 Å². The van der Waals surface area contributed by atoms with Gasteiger partial charge in [0.2, 0.25) is 5.91 Å². The molecule has 2 aliphatic rings. The number of nitrogens with one attached hydrogen (secondary N) is 1. The van der Waals surface area contributed by atoms with Crippen molar-refractivity contribution in [2.45, 2.75) is 6.61 Å². The molecule has 0 unspecified atom stereocenters. The molecule has 8 nitrogen and oxygen atoms in total. The fourth-order valence-electron chi connectivity index (χ4n) is 4.19. The number of thioether (sulfide) groups is 1. The van der Waals surface area contributed by atoms with Crippen LogP contribution < -0.4 is 15.0 Å². The van der Waals surface area contributed by atoms with Gasteiger partial charge in [-0.15, -0.1) is 0 Å². The van der Waals surface area contributed by atoms with Gasteiger partial charge >= 0.3 is 0 Å². The van der Waals surface area contributed by atoms with Crippen molar-refractivity contribution >= 4 is 57.9 Å². The second-order valence-corrected chi connectivity index (χ2v) is 10.3. The standard InChI is InChI=1S/C29H26ClN3O5S/c30-22-9-5-21(6-10-22)19-38-23-11-7-20(8-12-23)17-26-28(35)33(29(36)39-26)18-27(34)31-24-3-1-2-4-25(24)32-13-15-37-16-14-32/h1-12,17H,13-16,18-19H2,(H,31,34)/b26-17+. The normalized spacial score (nSPS) is 16.6. The van der Waals surface area contributed by atoms with Crippen molar-refractivity contribution in [3.8, 4) is 5.75 Å². The number of hydrogen-bond acceptors (Lipinski definition) is 7. The van der Waals surface area contributed by atoms with E-state index in [1.165, 1.54) is 0 Å². The average molecular weight is 564 g/mol. The summed E-state index contributed by atoms with van der Waals surface area (Å²) in [6, 6.07) is 22.1. The minimum atomic E-state index is -0.496. The number of benzene rings is 3. The van der Waals surface area contributed by atoms with E-state index < -0.39 is 17.1 Å². The lowest BCUT2D eigenvalue weighted by Gasteiger charge is -2.30. The van der Waals surface area contributed by atoms with E-state index in [1.54, 1.807) is 36.4 Å².